The van der Waals surface area contributed by atoms with E-state index in [1.54, 1.807) is 58.1 Å². The SMILES string of the molecule is [C-]#[N+]/C=C/C(=O)N1CCC[C@@H](n2nc(-c3ccc(Oc4ccc(Cl)cc4)cc3)c(C(N)=O)c2N)C1. The van der Waals surface area contributed by atoms with Crippen molar-refractivity contribution in [2.45, 2.75) is 18.9 Å². The Morgan fingerprint density at radius 2 is 1.80 bits per heavy atom. The number of carbonyl (C=O) groups is 2. The summed E-state index contributed by atoms with van der Waals surface area (Å²) < 4.78 is 7.40. The van der Waals surface area contributed by atoms with Gasteiger partial charge in [0.15, 0.2) is 6.20 Å². The Hall–Kier alpha value is -4.29. The van der Waals surface area contributed by atoms with Gasteiger partial charge in [-0.1, -0.05) is 11.6 Å². The number of carbonyl (C=O) groups excluding carboxylic acids is 2. The third kappa shape index (κ3) is 5.28. The van der Waals surface area contributed by atoms with Crippen LogP contribution >= 0.6 is 11.6 Å². The third-order valence-corrected chi connectivity index (χ3v) is 5.97. The lowest BCUT2D eigenvalue weighted by Gasteiger charge is -2.32. The molecule has 0 spiro atoms. The molecule has 9 nitrogen and oxygen atoms in total. The summed E-state index contributed by atoms with van der Waals surface area (Å²) in [5.41, 5.74) is 13.1. The van der Waals surface area contributed by atoms with Crippen molar-refractivity contribution in [2.75, 3.05) is 18.8 Å². The number of hydrogen-bond acceptors (Lipinski definition) is 5. The highest BCUT2D eigenvalue weighted by atomic mass is 35.5. The molecule has 1 atom stereocenters. The van der Waals surface area contributed by atoms with Crippen LogP contribution in [0.5, 0.6) is 11.5 Å². The Bertz CT molecular complexity index is 1310. The van der Waals surface area contributed by atoms with E-state index in [1.807, 2.05) is 0 Å². The number of nitrogen functional groups attached to an aromatic ring is 1. The van der Waals surface area contributed by atoms with Crippen molar-refractivity contribution in [3.8, 4) is 22.8 Å². The molecule has 2 heterocycles. The van der Waals surface area contributed by atoms with Crippen LogP contribution in [0.4, 0.5) is 5.82 Å². The Labute approximate surface area is 207 Å². The number of nitrogens with two attached hydrogens (primary N) is 2. The van der Waals surface area contributed by atoms with Crippen molar-refractivity contribution in [2.24, 2.45) is 5.73 Å². The number of aromatic nitrogens is 2. The Morgan fingerprint density at radius 3 is 2.43 bits per heavy atom. The molecule has 1 aliphatic rings. The van der Waals surface area contributed by atoms with Gasteiger partial charge in [0.1, 0.15) is 28.6 Å². The van der Waals surface area contributed by atoms with Gasteiger partial charge in [-0.2, -0.15) is 5.10 Å². The van der Waals surface area contributed by atoms with Crippen LogP contribution in [0, 0.1) is 6.57 Å². The van der Waals surface area contributed by atoms with Gasteiger partial charge in [0, 0.05) is 29.8 Å². The molecule has 0 bridgehead atoms. The molecule has 3 aromatic rings. The van der Waals surface area contributed by atoms with E-state index in [1.165, 1.54) is 6.08 Å². The molecular formula is C25H23ClN6O3. The van der Waals surface area contributed by atoms with Crippen LogP contribution in [-0.2, 0) is 4.79 Å². The average molecular weight is 491 g/mol. The van der Waals surface area contributed by atoms with E-state index in [4.69, 9.17) is 34.4 Å². The number of amides is 2. The third-order valence-electron chi connectivity index (χ3n) is 5.72. The summed E-state index contributed by atoms with van der Waals surface area (Å²) in [7, 11) is 0. The minimum atomic E-state index is -0.686. The van der Waals surface area contributed by atoms with E-state index in [9.17, 15) is 9.59 Å². The van der Waals surface area contributed by atoms with Crippen molar-refractivity contribution in [1.82, 2.24) is 14.7 Å². The Kier molecular flexibility index (Phi) is 7.03. The van der Waals surface area contributed by atoms with Crippen LogP contribution in [0.15, 0.2) is 60.8 Å². The molecule has 0 unspecified atom stereocenters. The number of rotatable bonds is 6. The van der Waals surface area contributed by atoms with E-state index in [0.717, 1.165) is 19.0 Å². The average Bonchev–Trinajstić information content (AvgIpc) is 3.21. The normalized spacial score (nSPS) is 15.7. The van der Waals surface area contributed by atoms with Crippen LogP contribution in [0.25, 0.3) is 16.1 Å². The van der Waals surface area contributed by atoms with E-state index >= 15 is 0 Å². The number of nitrogens with zero attached hydrogens (tertiary/aromatic N) is 4. The first kappa shape index (κ1) is 23.9. The van der Waals surface area contributed by atoms with Crippen molar-refractivity contribution >= 4 is 29.2 Å². The van der Waals surface area contributed by atoms with Crippen LogP contribution < -0.4 is 16.2 Å². The fraction of sp³-hybridized carbons (Fsp3) is 0.200. The first-order chi connectivity index (χ1) is 16.9. The monoisotopic (exact) mass is 490 g/mol. The number of primary amides is 1. The van der Waals surface area contributed by atoms with Gasteiger partial charge >= 0.3 is 0 Å². The number of piperidine rings is 1. The van der Waals surface area contributed by atoms with Crippen molar-refractivity contribution < 1.29 is 14.3 Å². The fourth-order valence-corrected chi connectivity index (χ4v) is 4.18. The summed E-state index contributed by atoms with van der Waals surface area (Å²) in [6.45, 7) is 7.75. The van der Waals surface area contributed by atoms with E-state index in [-0.39, 0.29) is 23.3 Å². The van der Waals surface area contributed by atoms with Crippen molar-refractivity contribution in [3.63, 3.8) is 0 Å². The smallest absolute Gasteiger partial charge is 0.254 e. The van der Waals surface area contributed by atoms with Gasteiger partial charge in [0.05, 0.1) is 12.6 Å². The van der Waals surface area contributed by atoms with Gasteiger partial charge in [-0.25, -0.2) is 9.53 Å². The highest BCUT2D eigenvalue weighted by Crippen LogP contribution is 2.33. The van der Waals surface area contributed by atoms with E-state index in [2.05, 4.69) is 9.94 Å². The molecule has 1 aliphatic heterocycles. The predicted octanol–water partition coefficient (Wildman–Crippen LogP) is 4.27. The summed E-state index contributed by atoms with van der Waals surface area (Å²) in [6, 6.07) is 13.8. The highest BCUT2D eigenvalue weighted by molar-refractivity contribution is 6.30. The van der Waals surface area contributed by atoms with Crippen LogP contribution in [0.2, 0.25) is 5.02 Å². The van der Waals surface area contributed by atoms with E-state index in [0.29, 0.717) is 40.9 Å². The van der Waals surface area contributed by atoms with Gasteiger partial charge in [-0.3, -0.25) is 9.59 Å². The minimum absolute atomic E-state index is 0.132. The summed E-state index contributed by atoms with van der Waals surface area (Å²) in [5, 5.41) is 5.25. The molecule has 2 amide bonds. The van der Waals surface area contributed by atoms with Gasteiger partial charge in [0.2, 0.25) is 5.91 Å². The predicted molar refractivity (Wildman–Crippen MR) is 133 cm³/mol. The van der Waals surface area contributed by atoms with Gasteiger partial charge in [-0.15, -0.1) is 0 Å². The first-order valence-electron chi connectivity index (χ1n) is 10.9. The Morgan fingerprint density at radius 1 is 1.14 bits per heavy atom. The van der Waals surface area contributed by atoms with Gasteiger partial charge < -0.3 is 21.1 Å². The van der Waals surface area contributed by atoms with Crippen LogP contribution in [0.3, 0.4) is 0 Å². The maximum Gasteiger partial charge on any atom is 0.254 e. The second-order valence-electron chi connectivity index (χ2n) is 8.02. The standard InChI is InChI=1S/C25H23ClN6O3/c1-29-13-12-21(33)31-14-2-3-18(15-31)32-24(27)22(25(28)34)23(30-32)16-4-8-19(9-5-16)35-20-10-6-17(26)7-11-20/h4-13,18H,2-3,14-15,27H2,(H2,28,34)/b13-12+/t18-/m1/s1. The fourth-order valence-electron chi connectivity index (χ4n) is 4.05. The zero-order chi connectivity index (χ0) is 24.9. The largest absolute Gasteiger partial charge is 0.457 e. The molecule has 4 rings (SSSR count). The highest BCUT2D eigenvalue weighted by Gasteiger charge is 2.29. The zero-order valence-corrected chi connectivity index (χ0v) is 19.5. The van der Waals surface area contributed by atoms with Gasteiger partial charge in [0.25, 0.3) is 5.91 Å². The van der Waals surface area contributed by atoms with Crippen molar-refractivity contribution in [3.05, 3.63) is 82.8 Å². The lowest BCUT2D eigenvalue weighted by atomic mass is 10.1. The molecule has 1 saturated heterocycles. The molecule has 0 radical (unpaired) electrons. The number of ether oxygens (including phenoxy) is 1. The summed E-state index contributed by atoms with van der Waals surface area (Å²) >= 11 is 5.91. The molecule has 10 heteroatoms. The summed E-state index contributed by atoms with van der Waals surface area (Å²) in [6.07, 6.45) is 3.85. The topological polar surface area (TPSA) is 121 Å². The number of likely N-dealkylation sites (tertiary alicyclic amines) is 1. The van der Waals surface area contributed by atoms with Crippen LogP contribution in [0.1, 0.15) is 29.2 Å². The molecule has 0 saturated carbocycles. The minimum Gasteiger partial charge on any atom is -0.457 e. The number of hydrogen-bond donors (Lipinski definition) is 2. The quantitative estimate of drug-likeness (QED) is 0.394. The molecule has 35 heavy (non-hydrogen) atoms. The second-order valence-corrected chi connectivity index (χ2v) is 8.46. The molecule has 178 valence electrons. The molecule has 4 N–H and O–H groups in total. The maximum atomic E-state index is 12.3. The summed E-state index contributed by atoms with van der Waals surface area (Å²) in [4.78, 5) is 29.4. The van der Waals surface area contributed by atoms with E-state index < -0.39 is 5.91 Å². The zero-order valence-electron chi connectivity index (χ0n) is 18.7. The number of anilines is 1. The van der Waals surface area contributed by atoms with Crippen molar-refractivity contribution in [1.29, 1.82) is 0 Å². The van der Waals surface area contributed by atoms with Gasteiger partial charge in [-0.05, 0) is 61.4 Å². The molecule has 1 aromatic heterocycles. The lowest BCUT2D eigenvalue weighted by Crippen LogP contribution is -2.40. The number of benzene rings is 2. The first-order valence-corrected chi connectivity index (χ1v) is 11.3. The number of halogens is 1. The molecule has 1 fully saturated rings. The lowest BCUT2D eigenvalue weighted by molar-refractivity contribution is -0.127. The Balaban J connectivity index is 1.60. The molecule has 2 aromatic carbocycles. The molecule has 0 aliphatic carbocycles. The summed E-state index contributed by atoms with van der Waals surface area (Å²) in [5.74, 6) is 0.455. The maximum absolute atomic E-state index is 12.3. The van der Waals surface area contributed by atoms with Crippen LogP contribution in [-0.4, -0.2) is 39.6 Å². The second kappa shape index (κ2) is 10.3. The molecular weight excluding hydrogens is 468 g/mol.